The summed E-state index contributed by atoms with van der Waals surface area (Å²) in [6.45, 7) is 3.17. The highest BCUT2D eigenvalue weighted by Gasteiger charge is 2.13. The Balaban J connectivity index is 2.53. The lowest BCUT2D eigenvalue weighted by atomic mass is 10.1. The van der Waals surface area contributed by atoms with Gasteiger partial charge in [0.25, 0.3) is 0 Å². The smallest absolute Gasteiger partial charge is 0.340 e. The van der Waals surface area contributed by atoms with E-state index in [1.54, 1.807) is 6.07 Å². The minimum atomic E-state index is -0.334. The minimum absolute atomic E-state index is 0.334. The van der Waals surface area contributed by atoms with Crippen LogP contribution in [-0.2, 0) is 4.74 Å². The van der Waals surface area contributed by atoms with E-state index in [1.807, 2.05) is 33.2 Å². The van der Waals surface area contributed by atoms with E-state index in [1.165, 1.54) is 0 Å². The van der Waals surface area contributed by atoms with Gasteiger partial charge in [-0.1, -0.05) is 12.1 Å². The second-order valence-electron chi connectivity index (χ2n) is 4.33. The molecule has 1 aromatic carbocycles. The molecule has 0 spiro atoms. The summed E-state index contributed by atoms with van der Waals surface area (Å²) < 4.78 is 5.19. The molecule has 17 heavy (non-hydrogen) atoms. The van der Waals surface area contributed by atoms with Crippen molar-refractivity contribution in [1.29, 1.82) is 0 Å². The van der Waals surface area contributed by atoms with Crippen molar-refractivity contribution in [1.82, 2.24) is 4.90 Å². The largest absolute Gasteiger partial charge is 0.462 e. The van der Waals surface area contributed by atoms with E-state index >= 15 is 0 Å². The molecule has 0 heterocycles. The summed E-state index contributed by atoms with van der Waals surface area (Å²) in [4.78, 5) is 13.9. The van der Waals surface area contributed by atoms with Crippen LogP contribution in [0.1, 0.15) is 22.3 Å². The zero-order valence-corrected chi connectivity index (χ0v) is 10.7. The number of ether oxygens (including phenoxy) is 1. The minimum Gasteiger partial charge on any atom is -0.462 e. The van der Waals surface area contributed by atoms with Crippen molar-refractivity contribution in [2.45, 2.75) is 13.3 Å². The average Bonchev–Trinajstić information content (AvgIpc) is 2.24. The van der Waals surface area contributed by atoms with Crippen LogP contribution in [0.2, 0.25) is 0 Å². The summed E-state index contributed by atoms with van der Waals surface area (Å²) in [5, 5.41) is 0. The van der Waals surface area contributed by atoms with Gasteiger partial charge in [-0.15, -0.1) is 0 Å². The fourth-order valence-electron chi connectivity index (χ4n) is 1.59. The molecular weight excluding hydrogens is 216 g/mol. The van der Waals surface area contributed by atoms with Crippen molar-refractivity contribution in [3.05, 3.63) is 29.3 Å². The molecule has 0 unspecified atom stereocenters. The van der Waals surface area contributed by atoms with Gasteiger partial charge in [0.15, 0.2) is 0 Å². The Kier molecular flexibility index (Phi) is 4.97. The molecule has 0 radical (unpaired) electrons. The average molecular weight is 236 g/mol. The van der Waals surface area contributed by atoms with Gasteiger partial charge in [0.2, 0.25) is 0 Å². The van der Waals surface area contributed by atoms with Crippen molar-refractivity contribution in [2.24, 2.45) is 0 Å². The molecule has 2 N–H and O–H groups in total. The molecular formula is C13H20N2O2. The molecule has 1 rings (SSSR count). The van der Waals surface area contributed by atoms with Gasteiger partial charge in [0, 0.05) is 12.2 Å². The van der Waals surface area contributed by atoms with Crippen molar-refractivity contribution in [2.75, 3.05) is 33.0 Å². The number of carbonyl (C=O) groups is 1. The van der Waals surface area contributed by atoms with Gasteiger partial charge in [-0.2, -0.15) is 0 Å². The first-order valence-corrected chi connectivity index (χ1v) is 5.69. The molecule has 0 saturated carbocycles. The number of benzene rings is 1. The maximum atomic E-state index is 11.8. The summed E-state index contributed by atoms with van der Waals surface area (Å²) in [6, 6.07) is 5.39. The quantitative estimate of drug-likeness (QED) is 0.480. The first kappa shape index (κ1) is 13.5. The summed E-state index contributed by atoms with van der Waals surface area (Å²) in [5.41, 5.74) is 7.57. The second-order valence-corrected chi connectivity index (χ2v) is 4.33. The molecule has 1 aromatic rings. The van der Waals surface area contributed by atoms with Crippen LogP contribution in [0.4, 0.5) is 5.69 Å². The fraction of sp³-hybridized carbons (Fsp3) is 0.462. The maximum Gasteiger partial charge on any atom is 0.340 e. The van der Waals surface area contributed by atoms with Crippen LogP contribution in [-0.4, -0.2) is 38.1 Å². The third kappa shape index (κ3) is 4.07. The van der Waals surface area contributed by atoms with E-state index in [9.17, 15) is 4.79 Å². The molecule has 0 atom stereocenters. The molecule has 0 aliphatic heterocycles. The van der Waals surface area contributed by atoms with Crippen molar-refractivity contribution in [3.8, 4) is 0 Å². The van der Waals surface area contributed by atoms with Crippen molar-refractivity contribution >= 4 is 11.7 Å². The number of esters is 1. The van der Waals surface area contributed by atoms with Crippen LogP contribution < -0.4 is 5.73 Å². The summed E-state index contributed by atoms with van der Waals surface area (Å²) in [6.07, 6.45) is 0.824. The Morgan fingerprint density at radius 3 is 2.71 bits per heavy atom. The Labute approximate surface area is 102 Å². The molecule has 94 valence electrons. The van der Waals surface area contributed by atoms with Crippen molar-refractivity contribution in [3.63, 3.8) is 0 Å². The second kappa shape index (κ2) is 6.25. The normalized spacial score (nSPS) is 10.6. The van der Waals surface area contributed by atoms with E-state index in [2.05, 4.69) is 4.90 Å². The van der Waals surface area contributed by atoms with Crippen LogP contribution in [0.15, 0.2) is 18.2 Å². The van der Waals surface area contributed by atoms with Crippen LogP contribution in [0.5, 0.6) is 0 Å². The third-order valence-electron chi connectivity index (χ3n) is 2.49. The van der Waals surface area contributed by atoms with E-state index in [4.69, 9.17) is 10.5 Å². The highest BCUT2D eigenvalue weighted by atomic mass is 16.5. The van der Waals surface area contributed by atoms with E-state index < -0.39 is 0 Å². The molecule has 0 bridgehead atoms. The standard InChI is InChI=1S/C13H20N2O2/c1-10-6-4-7-11(14)12(10)13(16)17-9-5-8-15(2)3/h4,6-7H,5,8-9,14H2,1-3H3. The van der Waals surface area contributed by atoms with Gasteiger partial charge < -0.3 is 15.4 Å². The molecule has 4 heteroatoms. The predicted octanol–water partition coefficient (Wildman–Crippen LogP) is 1.69. The number of hydrogen-bond donors (Lipinski definition) is 1. The van der Waals surface area contributed by atoms with Crippen LogP contribution in [0.3, 0.4) is 0 Å². The van der Waals surface area contributed by atoms with E-state index in [-0.39, 0.29) is 5.97 Å². The lowest BCUT2D eigenvalue weighted by Crippen LogP contribution is -2.17. The third-order valence-corrected chi connectivity index (χ3v) is 2.49. The Hall–Kier alpha value is -1.55. The topological polar surface area (TPSA) is 55.6 Å². The van der Waals surface area contributed by atoms with E-state index in [0.29, 0.717) is 17.9 Å². The molecule has 0 aliphatic carbocycles. The Bertz CT molecular complexity index is 369. The number of carbonyl (C=O) groups excluding carboxylic acids is 1. The van der Waals surface area contributed by atoms with Gasteiger partial charge in [0.1, 0.15) is 0 Å². The first-order valence-electron chi connectivity index (χ1n) is 5.69. The molecule has 4 nitrogen and oxygen atoms in total. The summed E-state index contributed by atoms with van der Waals surface area (Å²) in [7, 11) is 3.97. The van der Waals surface area contributed by atoms with E-state index in [0.717, 1.165) is 18.5 Å². The maximum absolute atomic E-state index is 11.8. The van der Waals surface area contributed by atoms with Crippen LogP contribution >= 0.6 is 0 Å². The monoisotopic (exact) mass is 236 g/mol. The molecule has 0 fully saturated rings. The highest BCUT2D eigenvalue weighted by Crippen LogP contribution is 2.17. The predicted molar refractivity (Wildman–Crippen MR) is 69.0 cm³/mol. The number of nitrogen functional groups attached to an aromatic ring is 1. The van der Waals surface area contributed by atoms with Gasteiger partial charge in [-0.25, -0.2) is 4.79 Å². The molecule has 0 amide bonds. The number of aryl methyl sites for hydroxylation is 1. The van der Waals surface area contributed by atoms with Crippen molar-refractivity contribution < 1.29 is 9.53 Å². The van der Waals surface area contributed by atoms with Gasteiger partial charge in [-0.3, -0.25) is 0 Å². The zero-order chi connectivity index (χ0) is 12.8. The first-order chi connectivity index (χ1) is 8.02. The Morgan fingerprint density at radius 1 is 1.41 bits per heavy atom. The van der Waals surface area contributed by atoms with Crippen LogP contribution in [0.25, 0.3) is 0 Å². The zero-order valence-electron chi connectivity index (χ0n) is 10.7. The fourth-order valence-corrected chi connectivity index (χ4v) is 1.59. The number of anilines is 1. The number of hydrogen-bond acceptors (Lipinski definition) is 4. The van der Waals surface area contributed by atoms with Crippen LogP contribution in [0, 0.1) is 6.92 Å². The SMILES string of the molecule is Cc1cccc(N)c1C(=O)OCCCN(C)C. The number of nitrogens with zero attached hydrogens (tertiary/aromatic N) is 1. The summed E-state index contributed by atoms with van der Waals surface area (Å²) >= 11 is 0. The highest BCUT2D eigenvalue weighted by molar-refractivity contribution is 5.96. The molecule has 0 aromatic heterocycles. The lowest BCUT2D eigenvalue weighted by molar-refractivity contribution is 0.0493. The van der Waals surface area contributed by atoms with Gasteiger partial charge in [0.05, 0.1) is 12.2 Å². The molecule has 0 saturated heterocycles. The number of nitrogens with two attached hydrogens (primary N) is 1. The van der Waals surface area contributed by atoms with Gasteiger partial charge >= 0.3 is 5.97 Å². The summed E-state index contributed by atoms with van der Waals surface area (Å²) in [5.74, 6) is -0.334. The number of rotatable bonds is 5. The Morgan fingerprint density at radius 2 is 2.12 bits per heavy atom. The molecule has 0 aliphatic rings. The lowest BCUT2D eigenvalue weighted by Gasteiger charge is -2.11. The van der Waals surface area contributed by atoms with Gasteiger partial charge in [-0.05, 0) is 39.1 Å².